The number of halogens is 1. The first kappa shape index (κ1) is 17.9. The molecule has 8 heteroatoms. The van der Waals surface area contributed by atoms with Gasteiger partial charge in [0.15, 0.2) is 5.82 Å². The van der Waals surface area contributed by atoms with E-state index < -0.39 is 0 Å². The van der Waals surface area contributed by atoms with Gasteiger partial charge in [-0.15, -0.1) is 0 Å². The van der Waals surface area contributed by atoms with Gasteiger partial charge in [-0.2, -0.15) is 4.98 Å². The van der Waals surface area contributed by atoms with Crippen molar-refractivity contribution in [2.24, 2.45) is 0 Å². The number of aryl methyl sites for hydroxylation is 1. The van der Waals surface area contributed by atoms with Gasteiger partial charge in [0.2, 0.25) is 5.91 Å². The Morgan fingerprint density at radius 2 is 2.00 bits per heavy atom. The van der Waals surface area contributed by atoms with E-state index in [0.29, 0.717) is 27.6 Å². The maximum atomic E-state index is 12.7. The lowest BCUT2D eigenvalue weighted by atomic mass is 10.1. The molecule has 0 aliphatic rings. The monoisotopic (exact) mass is 394 g/mol. The number of para-hydroxylation sites is 1. The first-order valence-electron chi connectivity index (χ1n) is 8.50. The molecule has 0 aliphatic carbocycles. The number of nitrogens with zero attached hydrogens (tertiary/aromatic N) is 3. The number of carbonyl (C=O) groups excluding carboxylic acids is 1. The van der Waals surface area contributed by atoms with Crippen molar-refractivity contribution >= 4 is 34.1 Å². The minimum Gasteiger partial charge on any atom is -0.334 e. The van der Waals surface area contributed by atoms with E-state index in [2.05, 4.69) is 15.5 Å². The zero-order valence-electron chi connectivity index (χ0n) is 14.8. The Kier molecular flexibility index (Phi) is 4.67. The standard InChI is InChI=1S/C20H15ClN4O3/c1-12-22-20(28-24-12)16-10-19(27)25(17-8-3-2-7-15(16)17)11-18(26)23-14-6-4-5-13(21)9-14/h2-10H,11H2,1H3,(H,23,26). The SMILES string of the molecule is Cc1noc(-c2cc(=O)n(CC(=O)Nc3cccc(Cl)c3)c3ccccc23)n1. The molecule has 2 aromatic carbocycles. The number of nitrogens with one attached hydrogen (secondary N) is 1. The molecular formula is C20H15ClN4O3. The molecule has 0 aliphatic heterocycles. The van der Waals surface area contributed by atoms with Gasteiger partial charge in [-0.1, -0.05) is 41.0 Å². The molecule has 0 unspecified atom stereocenters. The fourth-order valence-electron chi connectivity index (χ4n) is 2.99. The van der Waals surface area contributed by atoms with Crippen molar-refractivity contribution in [2.45, 2.75) is 13.5 Å². The van der Waals surface area contributed by atoms with Crippen LogP contribution in [0.5, 0.6) is 0 Å². The van der Waals surface area contributed by atoms with E-state index in [1.807, 2.05) is 12.1 Å². The van der Waals surface area contributed by atoms with Crippen molar-refractivity contribution < 1.29 is 9.32 Å². The van der Waals surface area contributed by atoms with Crippen LogP contribution in [-0.2, 0) is 11.3 Å². The second kappa shape index (κ2) is 7.28. The summed E-state index contributed by atoms with van der Waals surface area (Å²) in [5, 5.41) is 7.78. The lowest BCUT2D eigenvalue weighted by Gasteiger charge is -2.12. The summed E-state index contributed by atoms with van der Waals surface area (Å²) in [5.41, 5.74) is 1.36. The summed E-state index contributed by atoms with van der Waals surface area (Å²) < 4.78 is 6.63. The third-order valence-corrected chi connectivity index (χ3v) is 4.42. The lowest BCUT2D eigenvalue weighted by molar-refractivity contribution is -0.116. The van der Waals surface area contributed by atoms with Crippen molar-refractivity contribution in [2.75, 3.05) is 5.32 Å². The normalized spacial score (nSPS) is 10.9. The molecule has 4 aromatic rings. The first-order valence-corrected chi connectivity index (χ1v) is 8.88. The molecule has 7 nitrogen and oxygen atoms in total. The molecule has 1 amide bonds. The molecule has 2 heterocycles. The number of benzene rings is 2. The Morgan fingerprint density at radius 3 is 2.75 bits per heavy atom. The van der Waals surface area contributed by atoms with E-state index in [4.69, 9.17) is 16.1 Å². The summed E-state index contributed by atoms with van der Waals surface area (Å²) in [6, 6.07) is 15.5. The number of pyridine rings is 1. The maximum absolute atomic E-state index is 12.7. The predicted molar refractivity (Wildman–Crippen MR) is 106 cm³/mol. The number of aromatic nitrogens is 3. The van der Waals surface area contributed by atoms with Gasteiger partial charge in [0, 0.05) is 22.2 Å². The van der Waals surface area contributed by atoms with Gasteiger partial charge in [-0.05, 0) is 31.2 Å². The second-order valence-corrected chi connectivity index (χ2v) is 6.64. The van der Waals surface area contributed by atoms with Crippen LogP contribution in [0, 0.1) is 6.92 Å². The molecule has 0 saturated carbocycles. The largest absolute Gasteiger partial charge is 0.334 e. The van der Waals surface area contributed by atoms with Crippen molar-refractivity contribution in [3.8, 4) is 11.5 Å². The molecule has 0 saturated heterocycles. The zero-order chi connectivity index (χ0) is 19.7. The highest BCUT2D eigenvalue weighted by molar-refractivity contribution is 6.30. The van der Waals surface area contributed by atoms with Crippen LogP contribution in [0.1, 0.15) is 5.82 Å². The molecule has 140 valence electrons. The van der Waals surface area contributed by atoms with Crippen LogP contribution in [0.4, 0.5) is 5.69 Å². The number of hydrogen-bond donors (Lipinski definition) is 1. The fraction of sp³-hybridized carbons (Fsp3) is 0.100. The first-order chi connectivity index (χ1) is 13.5. The number of anilines is 1. The van der Waals surface area contributed by atoms with Crippen molar-refractivity contribution in [3.63, 3.8) is 0 Å². The van der Waals surface area contributed by atoms with Crippen LogP contribution in [0.15, 0.2) is 63.9 Å². The topological polar surface area (TPSA) is 90.0 Å². The fourth-order valence-corrected chi connectivity index (χ4v) is 3.18. The molecule has 0 fully saturated rings. The molecule has 4 rings (SSSR count). The van der Waals surface area contributed by atoms with Gasteiger partial charge < -0.3 is 9.84 Å². The third-order valence-electron chi connectivity index (χ3n) is 4.19. The highest BCUT2D eigenvalue weighted by atomic mass is 35.5. The number of carbonyl (C=O) groups is 1. The molecule has 0 radical (unpaired) electrons. The van der Waals surface area contributed by atoms with Gasteiger partial charge in [-0.25, -0.2) is 0 Å². The minimum atomic E-state index is -0.342. The maximum Gasteiger partial charge on any atom is 0.258 e. The average molecular weight is 395 g/mol. The van der Waals surface area contributed by atoms with Crippen LogP contribution < -0.4 is 10.9 Å². The summed E-state index contributed by atoms with van der Waals surface area (Å²) >= 11 is 5.94. The minimum absolute atomic E-state index is 0.144. The Bertz CT molecular complexity index is 1250. The summed E-state index contributed by atoms with van der Waals surface area (Å²) in [4.78, 5) is 29.4. The van der Waals surface area contributed by atoms with Crippen LogP contribution >= 0.6 is 11.6 Å². The summed E-state index contributed by atoms with van der Waals surface area (Å²) in [6.45, 7) is 1.56. The Morgan fingerprint density at radius 1 is 1.18 bits per heavy atom. The van der Waals surface area contributed by atoms with Gasteiger partial charge in [-0.3, -0.25) is 14.2 Å². The summed E-state index contributed by atoms with van der Waals surface area (Å²) in [5.74, 6) is 0.404. The zero-order valence-corrected chi connectivity index (χ0v) is 15.6. The van der Waals surface area contributed by atoms with Crippen LogP contribution in [0.3, 0.4) is 0 Å². The van der Waals surface area contributed by atoms with Crippen LogP contribution in [0.2, 0.25) is 5.02 Å². The Labute approximate surface area is 164 Å². The van der Waals surface area contributed by atoms with Crippen molar-refractivity contribution in [1.82, 2.24) is 14.7 Å². The van der Waals surface area contributed by atoms with E-state index in [9.17, 15) is 9.59 Å². The van der Waals surface area contributed by atoms with Crippen LogP contribution in [-0.4, -0.2) is 20.6 Å². The predicted octanol–water partition coefficient (Wildman–Crippen LogP) is 3.65. The molecule has 0 atom stereocenters. The third kappa shape index (κ3) is 3.52. The van der Waals surface area contributed by atoms with Crippen molar-refractivity contribution in [3.05, 3.63) is 75.8 Å². The van der Waals surface area contributed by atoms with Gasteiger partial charge in [0.25, 0.3) is 11.4 Å². The molecule has 1 N–H and O–H groups in total. The number of hydrogen-bond acceptors (Lipinski definition) is 5. The molecule has 0 spiro atoms. The Hall–Kier alpha value is -3.45. The smallest absolute Gasteiger partial charge is 0.258 e. The van der Waals surface area contributed by atoms with Gasteiger partial charge >= 0.3 is 0 Å². The molecule has 0 bridgehead atoms. The van der Waals surface area contributed by atoms with E-state index in [1.165, 1.54) is 10.6 Å². The van der Waals surface area contributed by atoms with Crippen LogP contribution in [0.25, 0.3) is 22.4 Å². The Balaban J connectivity index is 1.73. The van der Waals surface area contributed by atoms with Gasteiger partial charge in [0.05, 0.1) is 11.1 Å². The van der Waals surface area contributed by atoms with E-state index >= 15 is 0 Å². The van der Waals surface area contributed by atoms with E-state index in [-0.39, 0.29) is 23.9 Å². The summed E-state index contributed by atoms with van der Waals surface area (Å²) in [6.07, 6.45) is 0. The molecular weight excluding hydrogens is 380 g/mol. The summed E-state index contributed by atoms with van der Waals surface area (Å²) in [7, 11) is 0. The highest BCUT2D eigenvalue weighted by Crippen LogP contribution is 2.26. The number of fused-ring (bicyclic) bond motifs is 1. The molecule has 28 heavy (non-hydrogen) atoms. The quantitative estimate of drug-likeness (QED) is 0.570. The highest BCUT2D eigenvalue weighted by Gasteiger charge is 2.16. The second-order valence-electron chi connectivity index (χ2n) is 6.20. The van der Waals surface area contributed by atoms with Crippen molar-refractivity contribution in [1.29, 1.82) is 0 Å². The van der Waals surface area contributed by atoms with E-state index in [1.54, 1.807) is 43.3 Å². The molecule has 2 aromatic heterocycles. The van der Waals surface area contributed by atoms with E-state index in [0.717, 1.165) is 5.39 Å². The number of amides is 1. The lowest BCUT2D eigenvalue weighted by Crippen LogP contribution is -2.27. The number of rotatable bonds is 4. The average Bonchev–Trinajstić information content (AvgIpc) is 3.10. The van der Waals surface area contributed by atoms with Gasteiger partial charge in [0.1, 0.15) is 6.54 Å².